The number of aliphatic imine (C=N–C) groups is 2. The first kappa shape index (κ1) is 19.2. The number of halogens is 1. The molecule has 2 aliphatic rings. The van der Waals surface area contributed by atoms with Crippen LogP contribution < -0.4 is 4.90 Å². The molecule has 1 unspecified atom stereocenters. The van der Waals surface area contributed by atoms with Crippen LogP contribution in [0.4, 0.5) is 10.1 Å². The molecule has 0 radical (unpaired) electrons. The van der Waals surface area contributed by atoms with E-state index in [1.807, 2.05) is 24.0 Å². The van der Waals surface area contributed by atoms with E-state index in [4.69, 9.17) is 0 Å². The van der Waals surface area contributed by atoms with Gasteiger partial charge in [-0.1, -0.05) is 12.1 Å². The van der Waals surface area contributed by atoms with Gasteiger partial charge in [0.1, 0.15) is 17.7 Å². The predicted molar refractivity (Wildman–Crippen MR) is 112 cm³/mol. The van der Waals surface area contributed by atoms with E-state index < -0.39 is 5.54 Å². The number of pyridine rings is 1. The van der Waals surface area contributed by atoms with E-state index in [1.165, 1.54) is 12.4 Å². The number of rotatable bonds is 5. The summed E-state index contributed by atoms with van der Waals surface area (Å²) in [6, 6.07) is 8.68. The zero-order valence-corrected chi connectivity index (χ0v) is 16.5. The van der Waals surface area contributed by atoms with Crippen molar-refractivity contribution in [3.8, 4) is 0 Å². The van der Waals surface area contributed by atoms with Crippen LogP contribution in [-0.4, -0.2) is 54.5 Å². The van der Waals surface area contributed by atoms with Crippen molar-refractivity contribution >= 4 is 24.1 Å². The Kier molecular flexibility index (Phi) is 5.38. The van der Waals surface area contributed by atoms with E-state index in [0.29, 0.717) is 39.0 Å². The van der Waals surface area contributed by atoms with E-state index in [9.17, 15) is 9.18 Å². The molecule has 1 aromatic heterocycles. The second kappa shape index (κ2) is 8.11. The number of hydrogen-bond acceptors (Lipinski definition) is 5. The van der Waals surface area contributed by atoms with Gasteiger partial charge in [0, 0.05) is 62.5 Å². The monoisotopic (exact) mass is 393 g/mol. The number of hydrogen-bond donors (Lipinski definition) is 0. The third kappa shape index (κ3) is 4.04. The number of amides is 1. The Hall–Kier alpha value is -3.09. The molecule has 0 saturated carbocycles. The highest BCUT2D eigenvalue weighted by molar-refractivity contribution is 5.88. The summed E-state index contributed by atoms with van der Waals surface area (Å²) in [5, 5.41) is 0. The Balaban J connectivity index is 1.36. The minimum absolute atomic E-state index is 0.111. The maximum atomic E-state index is 13.6. The number of benzene rings is 1. The van der Waals surface area contributed by atoms with Gasteiger partial charge >= 0.3 is 0 Å². The lowest BCUT2D eigenvalue weighted by molar-refractivity contribution is -0.131. The van der Waals surface area contributed by atoms with Crippen molar-refractivity contribution in [1.29, 1.82) is 0 Å². The van der Waals surface area contributed by atoms with Crippen molar-refractivity contribution in [2.24, 2.45) is 9.98 Å². The summed E-state index contributed by atoms with van der Waals surface area (Å²) >= 11 is 0. The van der Waals surface area contributed by atoms with Crippen LogP contribution >= 0.6 is 0 Å². The Morgan fingerprint density at radius 3 is 2.72 bits per heavy atom. The average Bonchev–Trinajstić information content (AvgIpc) is 3.25. The molecule has 4 rings (SSSR count). The van der Waals surface area contributed by atoms with Gasteiger partial charge in [0.25, 0.3) is 0 Å². The summed E-state index contributed by atoms with van der Waals surface area (Å²) in [4.78, 5) is 29.7. The van der Waals surface area contributed by atoms with Crippen LogP contribution in [0, 0.1) is 12.7 Å². The minimum Gasteiger partial charge on any atom is -0.368 e. The van der Waals surface area contributed by atoms with Crippen LogP contribution in [0.3, 0.4) is 0 Å². The highest BCUT2D eigenvalue weighted by atomic mass is 19.1. The first-order chi connectivity index (χ1) is 14.1. The lowest BCUT2D eigenvalue weighted by Crippen LogP contribution is -2.49. The lowest BCUT2D eigenvalue weighted by atomic mass is 9.88. The van der Waals surface area contributed by atoms with E-state index in [2.05, 4.69) is 19.9 Å². The molecule has 2 aromatic rings. The van der Waals surface area contributed by atoms with E-state index in [-0.39, 0.29) is 11.7 Å². The van der Waals surface area contributed by atoms with Gasteiger partial charge in [-0.2, -0.15) is 0 Å². The van der Waals surface area contributed by atoms with Gasteiger partial charge in [0.05, 0.1) is 0 Å². The van der Waals surface area contributed by atoms with Gasteiger partial charge in [0.2, 0.25) is 5.91 Å². The van der Waals surface area contributed by atoms with Crippen molar-refractivity contribution in [3.05, 3.63) is 59.7 Å². The molecular weight excluding hydrogens is 369 g/mol. The number of aromatic nitrogens is 1. The largest absolute Gasteiger partial charge is 0.368 e. The van der Waals surface area contributed by atoms with E-state index in [0.717, 1.165) is 16.8 Å². The molecule has 1 atom stereocenters. The van der Waals surface area contributed by atoms with E-state index >= 15 is 0 Å². The first-order valence-electron chi connectivity index (χ1n) is 9.85. The summed E-state index contributed by atoms with van der Waals surface area (Å²) in [5.41, 5.74) is 2.29. The number of carbonyl (C=O) groups excluding carboxylic acids is 1. The van der Waals surface area contributed by atoms with Crippen LogP contribution in [0.15, 0.2) is 52.7 Å². The van der Waals surface area contributed by atoms with Crippen LogP contribution in [-0.2, 0) is 10.3 Å². The topological polar surface area (TPSA) is 61.2 Å². The normalized spacial score (nSPS) is 21.0. The highest BCUT2D eigenvalue weighted by Gasteiger charge is 2.33. The fraction of sp³-hybridized carbons (Fsp3) is 0.364. The van der Waals surface area contributed by atoms with Crippen LogP contribution in [0.2, 0.25) is 0 Å². The Labute approximate surface area is 169 Å². The molecule has 1 saturated heterocycles. The molecule has 3 heterocycles. The maximum Gasteiger partial charge on any atom is 0.222 e. The summed E-state index contributed by atoms with van der Waals surface area (Å²) in [6.07, 6.45) is 7.77. The van der Waals surface area contributed by atoms with Crippen molar-refractivity contribution in [3.63, 3.8) is 0 Å². The summed E-state index contributed by atoms with van der Waals surface area (Å²) in [5.74, 6) is -0.122. The Morgan fingerprint density at radius 1 is 1.21 bits per heavy atom. The molecule has 6 nitrogen and oxygen atoms in total. The van der Waals surface area contributed by atoms with Crippen LogP contribution in [0.25, 0.3) is 0 Å². The molecule has 0 aliphatic carbocycles. The summed E-state index contributed by atoms with van der Waals surface area (Å²) in [6.45, 7) is 4.64. The average molecular weight is 393 g/mol. The number of aryl methyl sites for hydroxylation is 1. The zero-order valence-electron chi connectivity index (χ0n) is 16.5. The van der Waals surface area contributed by atoms with Crippen molar-refractivity contribution in [2.75, 3.05) is 31.1 Å². The zero-order chi connectivity index (χ0) is 20.3. The smallest absolute Gasteiger partial charge is 0.222 e. The molecule has 29 heavy (non-hydrogen) atoms. The van der Waals surface area contributed by atoms with Crippen molar-refractivity contribution in [1.82, 2.24) is 9.88 Å². The maximum absolute atomic E-state index is 13.6. The fourth-order valence-corrected chi connectivity index (χ4v) is 3.94. The lowest BCUT2D eigenvalue weighted by Gasteiger charge is -2.37. The number of anilines is 1. The van der Waals surface area contributed by atoms with Gasteiger partial charge in [-0.3, -0.25) is 14.8 Å². The number of carbonyl (C=O) groups is 1. The van der Waals surface area contributed by atoms with Gasteiger partial charge in [0.15, 0.2) is 0 Å². The van der Waals surface area contributed by atoms with Crippen molar-refractivity contribution < 1.29 is 9.18 Å². The molecule has 1 amide bonds. The SMILES string of the molecule is Cc1ccc(F)cc1N1CCN(C(=O)CCC2(c3cccnc3)C=NC=N2)CC1. The molecule has 0 N–H and O–H groups in total. The molecule has 1 aromatic carbocycles. The minimum atomic E-state index is -0.607. The summed E-state index contributed by atoms with van der Waals surface area (Å²) < 4.78 is 13.6. The molecule has 2 aliphatic heterocycles. The first-order valence-corrected chi connectivity index (χ1v) is 9.85. The predicted octanol–water partition coefficient (Wildman–Crippen LogP) is 2.97. The van der Waals surface area contributed by atoms with Crippen molar-refractivity contribution in [2.45, 2.75) is 25.3 Å². The van der Waals surface area contributed by atoms with Crippen LogP contribution in [0.5, 0.6) is 0 Å². The highest BCUT2D eigenvalue weighted by Crippen LogP contribution is 2.31. The molecule has 7 heteroatoms. The fourth-order valence-electron chi connectivity index (χ4n) is 3.94. The number of nitrogens with zero attached hydrogens (tertiary/aromatic N) is 5. The third-order valence-electron chi connectivity index (χ3n) is 5.67. The summed E-state index contributed by atoms with van der Waals surface area (Å²) in [7, 11) is 0. The second-order valence-electron chi connectivity index (χ2n) is 7.49. The Morgan fingerprint density at radius 2 is 2.03 bits per heavy atom. The molecule has 0 bridgehead atoms. The second-order valence-corrected chi connectivity index (χ2v) is 7.49. The van der Waals surface area contributed by atoms with Gasteiger partial charge < -0.3 is 9.80 Å². The van der Waals surface area contributed by atoms with Gasteiger partial charge in [-0.25, -0.2) is 9.38 Å². The number of piperazine rings is 1. The molecule has 150 valence electrons. The van der Waals surface area contributed by atoms with Gasteiger partial charge in [-0.15, -0.1) is 0 Å². The quantitative estimate of drug-likeness (QED) is 0.785. The molecule has 1 fully saturated rings. The van der Waals surface area contributed by atoms with Gasteiger partial charge in [-0.05, 0) is 37.1 Å². The molecule has 0 spiro atoms. The van der Waals surface area contributed by atoms with E-state index in [1.54, 1.807) is 30.7 Å². The third-order valence-corrected chi connectivity index (χ3v) is 5.67. The standard InChI is InChI=1S/C22H24FN5O/c1-17-4-5-19(23)13-20(17)27-9-11-28(12-10-27)21(29)6-7-22(15-25-16-26-22)18-3-2-8-24-14-18/h2-5,8,13-16H,6-7,9-12H2,1H3. The molecular formula is C22H24FN5O. The van der Waals surface area contributed by atoms with Crippen LogP contribution in [0.1, 0.15) is 24.0 Å². The Bertz CT molecular complexity index is 923.